The maximum atomic E-state index is 13.1. The number of rotatable bonds is 82. The lowest BCUT2D eigenvalue weighted by molar-refractivity contribution is -0.161. The lowest BCUT2D eigenvalue weighted by atomic mass is 10.0. The first kappa shape index (κ1) is 100. The summed E-state index contributed by atoms with van der Waals surface area (Å²) < 4.78 is 68.8. The van der Waals surface area contributed by atoms with Crippen molar-refractivity contribution in [1.29, 1.82) is 0 Å². The first-order valence-corrected chi connectivity index (χ1v) is 46.0. The fourth-order valence-electron chi connectivity index (χ4n) is 12.9. The summed E-state index contributed by atoms with van der Waals surface area (Å²) in [5.41, 5.74) is 0. The van der Waals surface area contributed by atoms with Gasteiger partial charge in [-0.1, -0.05) is 388 Å². The van der Waals surface area contributed by atoms with E-state index < -0.39 is 97.5 Å². The Labute approximate surface area is 626 Å². The summed E-state index contributed by atoms with van der Waals surface area (Å²) in [6, 6.07) is 0. The van der Waals surface area contributed by atoms with Crippen LogP contribution in [-0.2, 0) is 65.4 Å². The highest BCUT2D eigenvalue weighted by atomic mass is 31.2. The smallest absolute Gasteiger partial charge is 0.462 e. The third-order valence-electron chi connectivity index (χ3n) is 19.5. The number of hydrogen-bond donors (Lipinski definition) is 3. The molecule has 0 heterocycles. The molecular formula is C83H162O17P2. The number of ether oxygens (including phenoxy) is 4. The number of esters is 4. The zero-order chi connectivity index (χ0) is 74.9. The molecule has 0 aromatic carbocycles. The van der Waals surface area contributed by atoms with Crippen molar-refractivity contribution in [3.63, 3.8) is 0 Å². The van der Waals surface area contributed by atoms with Crippen molar-refractivity contribution in [2.24, 2.45) is 11.8 Å². The number of hydrogen-bond acceptors (Lipinski definition) is 15. The van der Waals surface area contributed by atoms with Gasteiger partial charge in [-0.15, -0.1) is 0 Å². The third-order valence-corrected chi connectivity index (χ3v) is 21.4. The topological polar surface area (TPSA) is 237 Å². The second-order valence-corrected chi connectivity index (χ2v) is 33.7. The highest BCUT2D eigenvalue weighted by molar-refractivity contribution is 7.47. The van der Waals surface area contributed by atoms with E-state index in [1.165, 1.54) is 257 Å². The van der Waals surface area contributed by atoms with Crippen molar-refractivity contribution >= 4 is 39.5 Å². The van der Waals surface area contributed by atoms with Gasteiger partial charge in [-0.25, -0.2) is 9.13 Å². The van der Waals surface area contributed by atoms with Crippen LogP contribution in [0, 0.1) is 11.8 Å². The molecule has 19 heteroatoms. The minimum atomic E-state index is -4.96. The second kappa shape index (κ2) is 74.5. The first-order chi connectivity index (χ1) is 49.4. The molecule has 0 fully saturated rings. The number of aliphatic hydroxyl groups excluding tert-OH is 1. The van der Waals surface area contributed by atoms with Gasteiger partial charge in [0.2, 0.25) is 0 Å². The van der Waals surface area contributed by atoms with E-state index in [9.17, 15) is 43.2 Å². The summed E-state index contributed by atoms with van der Waals surface area (Å²) in [5, 5.41) is 10.7. The van der Waals surface area contributed by atoms with Crippen molar-refractivity contribution in [3.8, 4) is 0 Å². The Morgan fingerprint density at radius 1 is 0.265 bits per heavy atom. The molecule has 5 atom stereocenters. The van der Waals surface area contributed by atoms with E-state index in [2.05, 4.69) is 41.5 Å². The van der Waals surface area contributed by atoms with Crippen LogP contribution in [0.3, 0.4) is 0 Å². The number of carbonyl (C=O) groups excluding carboxylic acids is 4. The third kappa shape index (κ3) is 76.3. The molecule has 2 unspecified atom stereocenters. The Hall–Kier alpha value is -1.94. The Balaban J connectivity index is 5.24. The van der Waals surface area contributed by atoms with Gasteiger partial charge in [0.15, 0.2) is 12.2 Å². The van der Waals surface area contributed by atoms with Crippen molar-refractivity contribution in [2.45, 2.75) is 458 Å². The lowest BCUT2D eigenvalue weighted by Gasteiger charge is -2.21. The summed E-state index contributed by atoms with van der Waals surface area (Å²) >= 11 is 0. The quantitative estimate of drug-likeness (QED) is 0.0222. The molecule has 0 aliphatic rings. The molecule has 0 aliphatic carbocycles. The molecule has 0 spiro atoms. The van der Waals surface area contributed by atoms with Crippen molar-refractivity contribution in [1.82, 2.24) is 0 Å². The Kier molecular flexibility index (Phi) is 73.1. The van der Waals surface area contributed by atoms with Gasteiger partial charge in [-0.05, 0) is 37.5 Å². The zero-order valence-corrected chi connectivity index (χ0v) is 68.7. The number of phosphoric acid groups is 2. The summed E-state index contributed by atoms with van der Waals surface area (Å²) in [6.07, 6.45) is 65.2. The van der Waals surface area contributed by atoms with Gasteiger partial charge in [-0.2, -0.15) is 0 Å². The average molecular weight is 1490 g/mol. The van der Waals surface area contributed by atoms with Gasteiger partial charge in [0.05, 0.1) is 26.4 Å². The average Bonchev–Trinajstić information content (AvgIpc) is 0.957. The SMILES string of the molecule is CCCCCCCCCCCCCCCCCCCCCCCC(=O)O[C@H](COC(=O)CCCCCCCCCCCCCC(C)C)COP(=O)(O)OC[C@@H](O)COP(=O)(O)OC[C@@H](COC(=O)CCCCCCCCCCCCCCC)OC(=O)CCCCCCCCCCCCCC(C)C. The highest BCUT2D eigenvalue weighted by Gasteiger charge is 2.30. The fourth-order valence-corrected chi connectivity index (χ4v) is 14.5. The van der Waals surface area contributed by atoms with Crippen LogP contribution in [0.5, 0.6) is 0 Å². The summed E-state index contributed by atoms with van der Waals surface area (Å²) in [4.78, 5) is 73.1. The Morgan fingerprint density at radius 3 is 0.667 bits per heavy atom. The van der Waals surface area contributed by atoms with E-state index in [0.717, 1.165) is 102 Å². The van der Waals surface area contributed by atoms with E-state index in [1.54, 1.807) is 0 Å². The number of aliphatic hydroxyl groups is 1. The molecule has 0 aromatic rings. The van der Waals surface area contributed by atoms with Crippen LogP contribution in [0.2, 0.25) is 0 Å². The van der Waals surface area contributed by atoms with Crippen LogP contribution < -0.4 is 0 Å². The minimum Gasteiger partial charge on any atom is -0.462 e. The van der Waals surface area contributed by atoms with Crippen molar-refractivity contribution in [2.75, 3.05) is 39.6 Å². The molecule has 102 heavy (non-hydrogen) atoms. The molecule has 606 valence electrons. The molecule has 0 amide bonds. The standard InChI is InChI=1S/C83H162O17P2/c1-7-9-11-13-15-17-19-21-22-23-24-25-26-27-28-30-36-43-49-55-61-67-82(87)99-78(72-94-81(86)66-60-54-48-42-37-31-33-39-45-51-57-63-75(3)4)73-97-101(89,90)95-69-77(84)70-96-102(91,92)98-74-79(71-93-80(85)65-59-53-47-41-35-29-20-18-16-14-12-10-8-2)100-83(88)68-62-56-50-44-38-32-34-40-46-52-58-64-76(5)6/h75-79,84H,7-74H2,1-6H3,(H,89,90)(H,91,92)/t77-,78-,79-/m1/s1. The summed E-state index contributed by atoms with van der Waals surface area (Å²) in [5.74, 6) is -0.569. The van der Waals surface area contributed by atoms with Gasteiger partial charge < -0.3 is 33.8 Å². The molecule has 0 radical (unpaired) electrons. The van der Waals surface area contributed by atoms with Gasteiger partial charge in [0.1, 0.15) is 19.3 Å². The molecule has 0 aliphatic heterocycles. The monoisotopic (exact) mass is 1490 g/mol. The van der Waals surface area contributed by atoms with E-state index in [1.807, 2.05) is 0 Å². The second-order valence-electron chi connectivity index (χ2n) is 30.8. The number of carbonyl (C=O) groups is 4. The molecule has 0 rings (SSSR count). The molecule has 0 aromatic heterocycles. The van der Waals surface area contributed by atoms with Gasteiger partial charge >= 0.3 is 39.5 Å². The maximum absolute atomic E-state index is 13.1. The number of phosphoric ester groups is 2. The van der Waals surface area contributed by atoms with Crippen LogP contribution in [-0.4, -0.2) is 96.7 Å². The molecule has 0 bridgehead atoms. The molecular weight excluding hydrogens is 1330 g/mol. The van der Waals surface area contributed by atoms with Crippen LogP contribution in [0.25, 0.3) is 0 Å². The maximum Gasteiger partial charge on any atom is 0.472 e. The van der Waals surface area contributed by atoms with Gasteiger partial charge in [0, 0.05) is 25.7 Å². The highest BCUT2D eigenvalue weighted by Crippen LogP contribution is 2.45. The number of unbranched alkanes of at least 4 members (excludes halogenated alkanes) is 52. The van der Waals surface area contributed by atoms with E-state index in [4.69, 9.17) is 37.0 Å². The predicted octanol–water partition coefficient (Wildman–Crippen LogP) is 25.1. The normalized spacial score (nSPS) is 13.9. The molecule has 0 saturated carbocycles. The fraction of sp³-hybridized carbons (Fsp3) is 0.952. The van der Waals surface area contributed by atoms with Crippen LogP contribution in [0.15, 0.2) is 0 Å². The minimum absolute atomic E-state index is 0.107. The molecule has 17 nitrogen and oxygen atoms in total. The van der Waals surface area contributed by atoms with Gasteiger partial charge in [-0.3, -0.25) is 37.3 Å². The largest absolute Gasteiger partial charge is 0.472 e. The summed E-state index contributed by atoms with van der Waals surface area (Å²) in [7, 11) is -9.92. The molecule has 3 N–H and O–H groups in total. The zero-order valence-electron chi connectivity index (χ0n) is 66.9. The van der Waals surface area contributed by atoms with E-state index >= 15 is 0 Å². The van der Waals surface area contributed by atoms with E-state index in [0.29, 0.717) is 25.7 Å². The summed E-state index contributed by atoms with van der Waals surface area (Å²) in [6.45, 7) is 9.66. The van der Waals surface area contributed by atoms with E-state index in [-0.39, 0.29) is 25.7 Å². The van der Waals surface area contributed by atoms with Crippen molar-refractivity contribution < 1.29 is 80.2 Å². The first-order valence-electron chi connectivity index (χ1n) is 43.0. The predicted molar refractivity (Wildman–Crippen MR) is 418 cm³/mol. The lowest BCUT2D eigenvalue weighted by Crippen LogP contribution is -2.30. The van der Waals surface area contributed by atoms with Crippen LogP contribution >= 0.6 is 15.6 Å². The van der Waals surface area contributed by atoms with Gasteiger partial charge in [0.25, 0.3) is 0 Å². The van der Waals surface area contributed by atoms with Crippen LogP contribution in [0.1, 0.15) is 440 Å². The van der Waals surface area contributed by atoms with Crippen molar-refractivity contribution in [3.05, 3.63) is 0 Å². The van der Waals surface area contributed by atoms with Crippen LogP contribution in [0.4, 0.5) is 0 Å². The molecule has 0 saturated heterocycles. The Bertz CT molecular complexity index is 1960. The Morgan fingerprint density at radius 2 is 0.451 bits per heavy atom.